The van der Waals surface area contributed by atoms with Gasteiger partial charge in [-0.3, -0.25) is 11.3 Å². The molecule has 0 aliphatic carbocycles. The molecule has 1 aromatic heterocycles. The van der Waals surface area contributed by atoms with Gasteiger partial charge in [-0.15, -0.1) is 11.3 Å². The summed E-state index contributed by atoms with van der Waals surface area (Å²) in [5.74, 6) is 6.57. The maximum atomic E-state index is 5.68. The number of hydrazine groups is 1. The summed E-state index contributed by atoms with van der Waals surface area (Å²) in [5, 5.41) is 1.16. The van der Waals surface area contributed by atoms with Crippen LogP contribution in [-0.2, 0) is 12.8 Å². The smallest absolute Gasteiger partial charge is 0.118 e. The van der Waals surface area contributed by atoms with Crippen LogP contribution in [0.5, 0.6) is 5.75 Å². The molecule has 1 heterocycles. The average molecular weight is 305 g/mol. The molecule has 0 bridgehead atoms. The van der Waals surface area contributed by atoms with Gasteiger partial charge in [0.25, 0.3) is 0 Å². The van der Waals surface area contributed by atoms with Crippen LogP contribution in [0, 0.1) is 13.8 Å². The third-order valence-electron chi connectivity index (χ3n) is 3.67. The molecule has 1 atom stereocenters. The first kappa shape index (κ1) is 15.9. The van der Waals surface area contributed by atoms with Crippen LogP contribution in [0.1, 0.15) is 27.6 Å². The van der Waals surface area contributed by atoms with Crippen LogP contribution >= 0.6 is 11.3 Å². The minimum Gasteiger partial charge on any atom is -0.497 e. The van der Waals surface area contributed by atoms with Crippen molar-refractivity contribution < 1.29 is 4.74 Å². The Hall–Kier alpha value is -1.43. The van der Waals surface area contributed by atoms with Gasteiger partial charge in [-0.1, -0.05) is 12.1 Å². The van der Waals surface area contributed by atoms with Gasteiger partial charge >= 0.3 is 0 Å². The highest BCUT2D eigenvalue weighted by atomic mass is 32.1. The highest BCUT2D eigenvalue weighted by Crippen LogP contribution is 2.19. The lowest BCUT2D eigenvalue weighted by Gasteiger charge is -2.14. The zero-order valence-corrected chi connectivity index (χ0v) is 13.7. The van der Waals surface area contributed by atoms with Gasteiger partial charge in [-0.2, -0.15) is 0 Å². The molecule has 114 valence electrons. The van der Waals surface area contributed by atoms with E-state index in [2.05, 4.69) is 36.4 Å². The van der Waals surface area contributed by atoms with Gasteiger partial charge in [0, 0.05) is 17.3 Å². The van der Waals surface area contributed by atoms with E-state index in [4.69, 9.17) is 10.6 Å². The van der Waals surface area contributed by atoms with Crippen LogP contribution in [0.2, 0.25) is 0 Å². The Balaban J connectivity index is 1.89. The number of hydrogen-bond acceptors (Lipinski definition) is 5. The van der Waals surface area contributed by atoms with E-state index in [9.17, 15) is 0 Å². The quantitative estimate of drug-likeness (QED) is 0.610. The Labute approximate surface area is 130 Å². The number of rotatable bonds is 7. The third kappa shape index (κ3) is 4.52. The monoisotopic (exact) mass is 305 g/mol. The number of ether oxygens (including phenoxy) is 1. The van der Waals surface area contributed by atoms with Crippen LogP contribution < -0.4 is 16.0 Å². The summed E-state index contributed by atoms with van der Waals surface area (Å²) in [5.41, 5.74) is 5.33. The third-order valence-corrected chi connectivity index (χ3v) is 4.77. The summed E-state index contributed by atoms with van der Waals surface area (Å²) in [6.45, 7) is 4.16. The second-order valence-corrected chi connectivity index (χ2v) is 6.49. The normalized spacial score (nSPS) is 12.4. The van der Waals surface area contributed by atoms with E-state index >= 15 is 0 Å². The fourth-order valence-corrected chi connectivity index (χ4v) is 3.23. The lowest BCUT2D eigenvalue weighted by molar-refractivity contribution is 0.414. The maximum absolute atomic E-state index is 5.68. The number of aromatic nitrogens is 1. The molecule has 2 rings (SSSR count). The summed E-state index contributed by atoms with van der Waals surface area (Å²) < 4.78 is 5.17. The van der Waals surface area contributed by atoms with Gasteiger partial charge in [0.05, 0.1) is 17.8 Å². The lowest BCUT2D eigenvalue weighted by Crippen LogP contribution is -2.37. The number of hydrogen-bond donors (Lipinski definition) is 2. The van der Waals surface area contributed by atoms with E-state index in [0.29, 0.717) is 0 Å². The van der Waals surface area contributed by atoms with Crippen molar-refractivity contribution >= 4 is 11.3 Å². The Morgan fingerprint density at radius 3 is 2.52 bits per heavy atom. The standard InChI is InChI=1S/C16H23N3OS/c1-11-12(2)21-16(18-11)10-14(19-17)7-4-13-5-8-15(20-3)9-6-13/h5-6,8-9,14,19H,4,7,10,17H2,1-3H3. The van der Waals surface area contributed by atoms with E-state index in [-0.39, 0.29) is 6.04 Å². The van der Waals surface area contributed by atoms with Gasteiger partial charge in [0.2, 0.25) is 0 Å². The SMILES string of the molecule is COc1ccc(CCC(Cc2nc(C)c(C)s2)NN)cc1. The molecule has 2 aromatic rings. The fraction of sp³-hybridized carbons (Fsp3) is 0.438. The molecule has 0 aliphatic heterocycles. The van der Waals surface area contributed by atoms with Crippen LogP contribution in [-0.4, -0.2) is 18.1 Å². The van der Waals surface area contributed by atoms with E-state index in [0.717, 1.165) is 35.7 Å². The molecule has 0 radical (unpaired) electrons. The van der Waals surface area contributed by atoms with E-state index in [1.165, 1.54) is 10.4 Å². The summed E-state index contributed by atoms with van der Waals surface area (Å²) in [6.07, 6.45) is 2.86. The van der Waals surface area contributed by atoms with Crippen molar-refractivity contribution in [2.24, 2.45) is 5.84 Å². The van der Waals surface area contributed by atoms with Crippen LogP contribution in [0.4, 0.5) is 0 Å². The first-order chi connectivity index (χ1) is 10.1. The molecule has 5 heteroatoms. The summed E-state index contributed by atoms with van der Waals surface area (Å²) in [4.78, 5) is 5.87. The van der Waals surface area contributed by atoms with E-state index in [1.54, 1.807) is 18.4 Å². The molecule has 0 amide bonds. The summed E-state index contributed by atoms with van der Waals surface area (Å²) >= 11 is 1.76. The lowest BCUT2D eigenvalue weighted by atomic mass is 10.0. The molecule has 1 aromatic carbocycles. The van der Waals surface area contributed by atoms with Crippen molar-refractivity contribution in [2.75, 3.05) is 7.11 Å². The number of nitrogens with two attached hydrogens (primary N) is 1. The number of methoxy groups -OCH3 is 1. The van der Waals surface area contributed by atoms with Gasteiger partial charge in [-0.25, -0.2) is 4.98 Å². The topological polar surface area (TPSA) is 60.2 Å². The largest absolute Gasteiger partial charge is 0.497 e. The minimum atomic E-state index is 0.247. The number of nitrogens with one attached hydrogen (secondary N) is 1. The molecule has 0 saturated heterocycles. The Bertz CT molecular complexity index is 546. The van der Waals surface area contributed by atoms with Gasteiger partial charge < -0.3 is 4.74 Å². The van der Waals surface area contributed by atoms with Crippen molar-refractivity contribution in [1.29, 1.82) is 0 Å². The molecule has 21 heavy (non-hydrogen) atoms. The molecule has 3 N–H and O–H groups in total. The molecular weight excluding hydrogens is 282 g/mol. The van der Waals surface area contributed by atoms with E-state index < -0.39 is 0 Å². The average Bonchev–Trinajstić information content (AvgIpc) is 2.82. The molecule has 4 nitrogen and oxygen atoms in total. The molecular formula is C16H23N3OS. The summed E-state index contributed by atoms with van der Waals surface area (Å²) in [7, 11) is 1.68. The molecule has 1 unspecified atom stereocenters. The first-order valence-electron chi connectivity index (χ1n) is 7.14. The number of benzene rings is 1. The minimum absolute atomic E-state index is 0.247. The van der Waals surface area contributed by atoms with E-state index in [1.807, 2.05) is 12.1 Å². The van der Waals surface area contributed by atoms with Crippen LogP contribution in [0.25, 0.3) is 0 Å². The second-order valence-electron chi connectivity index (χ2n) is 5.20. The molecule has 0 spiro atoms. The molecule has 0 saturated carbocycles. The predicted octanol–water partition coefficient (Wildman–Crippen LogP) is 2.78. The van der Waals surface area contributed by atoms with Crippen LogP contribution in [0.15, 0.2) is 24.3 Å². The predicted molar refractivity (Wildman–Crippen MR) is 87.7 cm³/mol. The zero-order valence-electron chi connectivity index (χ0n) is 12.8. The Morgan fingerprint density at radius 1 is 1.29 bits per heavy atom. The van der Waals surface area contributed by atoms with Gasteiger partial charge in [0.15, 0.2) is 0 Å². The van der Waals surface area contributed by atoms with Crippen molar-refractivity contribution in [1.82, 2.24) is 10.4 Å². The van der Waals surface area contributed by atoms with Crippen molar-refractivity contribution in [2.45, 2.75) is 39.2 Å². The molecule has 0 fully saturated rings. The van der Waals surface area contributed by atoms with Gasteiger partial charge in [0.1, 0.15) is 5.75 Å². The highest BCUT2D eigenvalue weighted by molar-refractivity contribution is 7.11. The number of aryl methyl sites for hydroxylation is 3. The van der Waals surface area contributed by atoms with Crippen molar-refractivity contribution in [3.63, 3.8) is 0 Å². The summed E-state index contributed by atoms with van der Waals surface area (Å²) in [6, 6.07) is 8.44. The first-order valence-corrected chi connectivity index (χ1v) is 7.96. The van der Waals surface area contributed by atoms with Crippen molar-refractivity contribution in [3.8, 4) is 5.75 Å². The van der Waals surface area contributed by atoms with Crippen LogP contribution in [0.3, 0.4) is 0 Å². The number of thiazole rings is 1. The Kier molecular flexibility index (Phi) is 5.73. The van der Waals surface area contributed by atoms with Gasteiger partial charge in [-0.05, 0) is 44.4 Å². The fourth-order valence-electron chi connectivity index (χ4n) is 2.21. The Morgan fingerprint density at radius 2 is 2.00 bits per heavy atom. The second kappa shape index (κ2) is 7.54. The molecule has 0 aliphatic rings. The zero-order chi connectivity index (χ0) is 15.2. The maximum Gasteiger partial charge on any atom is 0.118 e. The number of nitrogens with zero attached hydrogens (tertiary/aromatic N) is 1. The van der Waals surface area contributed by atoms with Crippen molar-refractivity contribution in [3.05, 3.63) is 45.4 Å². The highest BCUT2D eigenvalue weighted by Gasteiger charge is 2.12.